The lowest BCUT2D eigenvalue weighted by Gasteiger charge is -2.40. The molecule has 0 aliphatic carbocycles. The number of piperidine rings is 1. The molecule has 0 spiro atoms. The Balaban J connectivity index is 1.03. The number of thiol groups is 1. The molecule has 59 heavy (non-hydrogen) atoms. The smallest absolute Gasteiger partial charge is 0.417 e. The van der Waals surface area contributed by atoms with Crippen molar-refractivity contribution < 1.29 is 42.2 Å². The lowest BCUT2D eigenvalue weighted by atomic mass is 10.0. The zero-order valence-corrected chi connectivity index (χ0v) is 33.8. The number of hydrogen-bond donors (Lipinski definition) is 5. The number of carbonyl (C=O) groups excluding carboxylic acids is 4. The first-order valence-corrected chi connectivity index (χ1v) is 19.8. The summed E-state index contributed by atoms with van der Waals surface area (Å²) in [6.07, 6.45) is -3.58. The van der Waals surface area contributed by atoms with Crippen molar-refractivity contribution in [2.45, 2.75) is 69.3 Å². The second-order valence-electron chi connectivity index (χ2n) is 15.2. The Labute approximate surface area is 345 Å². The van der Waals surface area contributed by atoms with Gasteiger partial charge < -0.3 is 25.4 Å². The zero-order chi connectivity index (χ0) is 42.6. The van der Waals surface area contributed by atoms with Crippen LogP contribution >= 0.6 is 12.6 Å². The average Bonchev–Trinajstić information content (AvgIpc) is 3.37. The molecule has 0 saturated carbocycles. The highest BCUT2D eigenvalue weighted by Crippen LogP contribution is 2.43. The zero-order valence-electron chi connectivity index (χ0n) is 32.9. The number of benzene rings is 3. The molecule has 18 heteroatoms. The molecule has 0 radical (unpaired) electrons. The van der Waals surface area contributed by atoms with Crippen molar-refractivity contribution in [1.82, 2.24) is 15.1 Å². The summed E-state index contributed by atoms with van der Waals surface area (Å²) in [5.41, 5.74) is -1.18. The molecule has 3 fully saturated rings. The average molecular weight is 837 g/mol. The summed E-state index contributed by atoms with van der Waals surface area (Å²) < 4.78 is 47.6. The maximum atomic E-state index is 13.8. The van der Waals surface area contributed by atoms with E-state index >= 15 is 0 Å². The third-order valence-corrected chi connectivity index (χ3v) is 11.3. The van der Waals surface area contributed by atoms with Gasteiger partial charge in [-0.05, 0) is 86.8 Å². The minimum absolute atomic E-state index is 0.0241. The summed E-state index contributed by atoms with van der Waals surface area (Å²) in [5.74, 6) is -0.759. The predicted octanol–water partition coefficient (Wildman–Crippen LogP) is 4.20. The molecule has 3 aromatic rings. The molecule has 14 nitrogen and oxygen atoms in total. The Morgan fingerprint density at radius 1 is 1.07 bits per heavy atom. The highest BCUT2D eigenvalue weighted by molar-refractivity contribution is 7.81. The van der Waals surface area contributed by atoms with E-state index in [0.29, 0.717) is 68.4 Å². The molecule has 1 unspecified atom stereocenters. The number of anilines is 4. The number of halogens is 3. The van der Waals surface area contributed by atoms with E-state index in [1.54, 1.807) is 61.2 Å². The van der Waals surface area contributed by atoms with Crippen molar-refractivity contribution in [3.05, 3.63) is 77.4 Å². The number of alkyl halides is 3. The van der Waals surface area contributed by atoms with Crippen LogP contribution in [0.5, 0.6) is 5.75 Å². The van der Waals surface area contributed by atoms with Crippen LogP contribution in [-0.2, 0) is 31.8 Å². The third kappa shape index (κ3) is 9.59. The van der Waals surface area contributed by atoms with E-state index in [2.05, 4.69) is 20.9 Å². The number of aliphatic hydroxyl groups is 1. The van der Waals surface area contributed by atoms with Gasteiger partial charge in [-0.3, -0.25) is 39.2 Å². The highest BCUT2D eigenvalue weighted by Gasteiger charge is 2.52. The number of aryl methyl sites for hydroxylation is 1. The summed E-state index contributed by atoms with van der Waals surface area (Å²) in [5, 5.41) is 27.8. The van der Waals surface area contributed by atoms with Gasteiger partial charge in [0, 0.05) is 61.4 Å². The number of carbonyl (C=O) groups is 4. The second kappa shape index (κ2) is 17.9. The van der Waals surface area contributed by atoms with Gasteiger partial charge in [0.05, 0.1) is 30.3 Å². The van der Waals surface area contributed by atoms with Crippen molar-refractivity contribution in [2.24, 2.45) is 0 Å². The Bertz CT molecular complexity index is 2130. The van der Waals surface area contributed by atoms with Crippen molar-refractivity contribution in [1.29, 1.82) is 5.26 Å². The highest BCUT2D eigenvalue weighted by atomic mass is 32.1. The molecule has 3 atom stereocenters. The fourth-order valence-corrected chi connectivity index (χ4v) is 8.35. The van der Waals surface area contributed by atoms with Gasteiger partial charge in [0.25, 0.3) is 5.91 Å². The van der Waals surface area contributed by atoms with E-state index in [1.165, 1.54) is 11.0 Å². The van der Waals surface area contributed by atoms with Gasteiger partial charge in [-0.2, -0.15) is 18.4 Å². The van der Waals surface area contributed by atoms with Crippen LogP contribution in [0, 0.1) is 11.3 Å². The molecule has 0 aromatic heterocycles. The molecule has 3 aliphatic heterocycles. The van der Waals surface area contributed by atoms with Gasteiger partial charge in [0.15, 0.2) is 5.50 Å². The largest absolute Gasteiger partial charge is 0.492 e. The van der Waals surface area contributed by atoms with Crippen LogP contribution in [0.1, 0.15) is 50.3 Å². The normalized spacial score (nSPS) is 21.3. The van der Waals surface area contributed by atoms with Crippen molar-refractivity contribution in [2.75, 3.05) is 66.4 Å². The topological polar surface area (TPSA) is 171 Å². The summed E-state index contributed by atoms with van der Waals surface area (Å²) in [6, 6.07) is 16.4. The first-order chi connectivity index (χ1) is 28.0. The molecule has 4 amide bonds. The first kappa shape index (κ1) is 43.2. The molecular weight excluding hydrogens is 790 g/mol. The van der Waals surface area contributed by atoms with Gasteiger partial charge >= 0.3 is 6.18 Å². The lowest BCUT2D eigenvalue weighted by Crippen LogP contribution is -2.56. The quantitative estimate of drug-likeness (QED) is 0.124. The monoisotopic (exact) mass is 836 g/mol. The number of nitriles is 1. The van der Waals surface area contributed by atoms with Crippen molar-refractivity contribution >= 4 is 59.0 Å². The molecule has 3 saturated heterocycles. The molecule has 3 heterocycles. The Kier molecular flexibility index (Phi) is 13.1. The fourth-order valence-electron chi connectivity index (χ4n) is 7.69. The standard InChI is InChI=1S/C41H47F3N8O6S/c1-4-25-18-30(52-39(59)51(38(57)40(52,2)3)29-9-8-26(21-45)32(20-29)41(42,43)44)10-12-34(25)58-17-16-49-14-15-50(31(22-49)24-53)23-36(55)47-28-7-5-6-27(19-28)46-33-11-13-35(54)48-37(33)56/h5-10,12,18-20,31,33,39,46,53,59H,4,11,13-17,22-24H2,1-3H3,(H,47,55)(H,48,54,56)/t31-,33?,39+/m1/s1. The van der Waals surface area contributed by atoms with Crippen LogP contribution in [0.3, 0.4) is 0 Å². The molecule has 3 aromatic carbocycles. The maximum Gasteiger partial charge on any atom is 0.417 e. The minimum Gasteiger partial charge on any atom is -0.492 e. The number of amides is 4. The van der Waals surface area contributed by atoms with E-state index in [9.17, 15) is 42.7 Å². The van der Waals surface area contributed by atoms with Gasteiger partial charge in [0.1, 0.15) is 23.9 Å². The number of imide groups is 1. The van der Waals surface area contributed by atoms with Gasteiger partial charge in [-0.25, -0.2) is 0 Å². The minimum atomic E-state index is -4.79. The number of nitrogens with one attached hydrogen (secondary N) is 3. The molecule has 6 rings (SSSR count). The Hall–Kier alpha value is -5.35. The number of piperazine rings is 1. The van der Waals surface area contributed by atoms with E-state index in [4.69, 9.17) is 17.4 Å². The maximum absolute atomic E-state index is 13.8. The molecule has 3 aliphatic rings. The van der Waals surface area contributed by atoms with Crippen LogP contribution in [0.15, 0.2) is 60.7 Å². The second-order valence-corrected chi connectivity index (χ2v) is 15.6. The van der Waals surface area contributed by atoms with Crippen molar-refractivity contribution in [3.63, 3.8) is 0 Å². The van der Waals surface area contributed by atoms with Crippen LogP contribution in [-0.4, -0.2) is 108 Å². The van der Waals surface area contributed by atoms with E-state index in [1.807, 2.05) is 17.9 Å². The number of hydrogen-bond acceptors (Lipinski definition) is 12. The van der Waals surface area contributed by atoms with Gasteiger partial charge in [-0.15, -0.1) is 12.6 Å². The molecule has 4 N–H and O–H groups in total. The van der Waals surface area contributed by atoms with Crippen LogP contribution in [0.2, 0.25) is 0 Å². The SMILES string of the molecule is CCc1cc(N2[C@@H](S)N(c3ccc(C#N)c(C(F)(F)F)c3)C(=O)C2(C)C)ccc1OCCN1CCN(CC(=O)Nc2cccc(NC3CCC(=O)NC3=O)c2)[C@@H](CO)C1. The molecule has 0 bridgehead atoms. The fraction of sp³-hybridized carbons (Fsp3) is 0.439. The first-order valence-electron chi connectivity index (χ1n) is 19.3. The Morgan fingerprint density at radius 3 is 2.51 bits per heavy atom. The number of nitrogens with zero attached hydrogens (tertiary/aromatic N) is 5. The van der Waals surface area contributed by atoms with E-state index < -0.39 is 40.3 Å². The lowest BCUT2D eigenvalue weighted by molar-refractivity contribution is -0.138. The summed E-state index contributed by atoms with van der Waals surface area (Å²) in [4.78, 5) is 57.4. The number of ether oxygens (including phenoxy) is 1. The summed E-state index contributed by atoms with van der Waals surface area (Å²) >= 11 is 4.71. The number of rotatable bonds is 13. The van der Waals surface area contributed by atoms with E-state index in [0.717, 1.165) is 17.7 Å². The molecule has 314 valence electrons. The number of aliphatic hydroxyl groups excluding tert-OH is 1. The summed E-state index contributed by atoms with van der Waals surface area (Å²) in [6.45, 7) is 7.83. The Morgan fingerprint density at radius 2 is 1.81 bits per heavy atom. The van der Waals surface area contributed by atoms with Crippen molar-refractivity contribution in [3.8, 4) is 11.8 Å². The predicted molar refractivity (Wildman–Crippen MR) is 218 cm³/mol. The third-order valence-electron chi connectivity index (χ3n) is 10.9. The van der Waals surface area contributed by atoms with Gasteiger partial charge in [0.2, 0.25) is 17.7 Å². The van der Waals surface area contributed by atoms with Crippen LogP contribution < -0.4 is 30.5 Å². The molecular formula is C41H47F3N8O6S. The van der Waals surface area contributed by atoms with E-state index in [-0.39, 0.29) is 49.0 Å². The van der Waals surface area contributed by atoms with Crippen LogP contribution in [0.4, 0.5) is 35.9 Å². The summed E-state index contributed by atoms with van der Waals surface area (Å²) in [7, 11) is 0. The van der Waals surface area contributed by atoms with Gasteiger partial charge in [-0.1, -0.05) is 13.0 Å². The van der Waals surface area contributed by atoms with Crippen LogP contribution in [0.25, 0.3) is 0 Å².